The summed E-state index contributed by atoms with van der Waals surface area (Å²) in [6.45, 7) is 1.88. The summed E-state index contributed by atoms with van der Waals surface area (Å²) < 4.78 is 5.38. The van der Waals surface area contributed by atoms with Gasteiger partial charge in [-0.2, -0.15) is 0 Å². The molecule has 0 aliphatic heterocycles. The molecule has 6 heteroatoms. The third-order valence-electron chi connectivity index (χ3n) is 4.66. The third kappa shape index (κ3) is 4.91. The molecule has 0 aliphatic rings. The molecule has 0 spiro atoms. The van der Waals surface area contributed by atoms with Crippen molar-refractivity contribution in [1.29, 1.82) is 0 Å². The summed E-state index contributed by atoms with van der Waals surface area (Å²) in [7, 11) is 0. The summed E-state index contributed by atoms with van der Waals surface area (Å²) in [4.78, 5) is 36.0. The molecular weight excluding hydrogens is 384 g/mol. The lowest BCUT2D eigenvalue weighted by molar-refractivity contribution is -0.147. The van der Waals surface area contributed by atoms with E-state index in [4.69, 9.17) is 4.74 Å². The van der Waals surface area contributed by atoms with E-state index < -0.39 is 30.2 Å². The number of esters is 1. The second-order valence-corrected chi connectivity index (χ2v) is 6.86. The normalized spacial score (nSPS) is 12.4. The van der Waals surface area contributed by atoms with Crippen LogP contribution < -0.4 is 4.74 Å². The molecule has 30 heavy (non-hydrogen) atoms. The van der Waals surface area contributed by atoms with Crippen LogP contribution in [0, 0.1) is 12.8 Å². The zero-order chi connectivity index (χ0) is 21.7. The summed E-state index contributed by atoms with van der Waals surface area (Å²) in [5.74, 6) is -4.89. The van der Waals surface area contributed by atoms with Crippen molar-refractivity contribution in [2.45, 2.75) is 13.3 Å². The number of ether oxygens (including phenoxy) is 1. The number of carboxylic acids is 2. The van der Waals surface area contributed by atoms with E-state index in [1.807, 2.05) is 25.1 Å². The fourth-order valence-corrected chi connectivity index (χ4v) is 3.10. The zero-order valence-electron chi connectivity index (χ0n) is 16.2. The van der Waals surface area contributed by atoms with Crippen molar-refractivity contribution in [1.82, 2.24) is 0 Å². The van der Waals surface area contributed by atoms with Gasteiger partial charge in [-0.25, -0.2) is 4.79 Å². The molecule has 0 aromatic heterocycles. The van der Waals surface area contributed by atoms with E-state index in [1.165, 1.54) is 6.08 Å². The number of hydrogen-bond acceptors (Lipinski definition) is 4. The first-order chi connectivity index (χ1) is 14.3. The Balaban J connectivity index is 1.86. The second kappa shape index (κ2) is 9.05. The van der Waals surface area contributed by atoms with Crippen LogP contribution >= 0.6 is 0 Å². The Morgan fingerprint density at radius 3 is 2.27 bits per heavy atom. The molecule has 3 aromatic rings. The topological polar surface area (TPSA) is 101 Å². The molecule has 0 radical (unpaired) electrons. The van der Waals surface area contributed by atoms with Gasteiger partial charge in [0.1, 0.15) is 5.75 Å². The summed E-state index contributed by atoms with van der Waals surface area (Å²) in [6.07, 6.45) is 0.661. The van der Waals surface area contributed by atoms with Gasteiger partial charge >= 0.3 is 17.9 Å². The molecule has 1 atom stereocenters. The molecule has 152 valence electrons. The molecule has 0 aliphatic carbocycles. The monoisotopic (exact) mass is 404 g/mol. The predicted molar refractivity (Wildman–Crippen MR) is 112 cm³/mol. The summed E-state index contributed by atoms with van der Waals surface area (Å²) in [5, 5.41) is 20.7. The number of carbonyl (C=O) groups is 3. The minimum absolute atomic E-state index is 0.293. The number of fused-ring (bicyclic) bond motifs is 1. The molecule has 0 saturated heterocycles. The van der Waals surface area contributed by atoms with Gasteiger partial charge < -0.3 is 14.9 Å². The van der Waals surface area contributed by atoms with Gasteiger partial charge in [-0.1, -0.05) is 66.2 Å². The van der Waals surface area contributed by atoms with Crippen molar-refractivity contribution in [3.05, 3.63) is 83.4 Å². The van der Waals surface area contributed by atoms with Gasteiger partial charge in [0.15, 0.2) is 0 Å². The van der Waals surface area contributed by atoms with Crippen LogP contribution in [0.1, 0.15) is 17.5 Å². The van der Waals surface area contributed by atoms with E-state index >= 15 is 0 Å². The minimum atomic E-state index is -1.55. The van der Waals surface area contributed by atoms with Crippen molar-refractivity contribution in [2.24, 2.45) is 5.92 Å². The highest BCUT2D eigenvalue weighted by molar-refractivity contribution is 6.00. The lowest BCUT2D eigenvalue weighted by Gasteiger charge is -2.14. The van der Waals surface area contributed by atoms with Crippen LogP contribution in [-0.4, -0.2) is 28.1 Å². The Morgan fingerprint density at radius 2 is 1.60 bits per heavy atom. The molecular formula is C24H20O6. The van der Waals surface area contributed by atoms with E-state index in [0.717, 1.165) is 10.9 Å². The van der Waals surface area contributed by atoms with Crippen LogP contribution in [0.15, 0.2) is 72.3 Å². The molecule has 0 amide bonds. The SMILES string of the molecule is Cc1ccc(C=C(C(=O)O)C(CC(=O)Oc2cccc3ccccc23)C(=O)O)cc1. The fraction of sp³-hybridized carbons (Fsp3) is 0.125. The first-order valence-corrected chi connectivity index (χ1v) is 9.28. The predicted octanol–water partition coefficient (Wildman–Crippen LogP) is 4.31. The average Bonchev–Trinajstić information content (AvgIpc) is 2.72. The number of rotatable bonds is 7. The van der Waals surface area contributed by atoms with Crippen molar-refractivity contribution in [2.75, 3.05) is 0 Å². The molecule has 3 aromatic carbocycles. The van der Waals surface area contributed by atoms with Gasteiger partial charge in [-0.05, 0) is 30.0 Å². The maximum atomic E-state index is 12.5. The summed E-state index contributed by atoms with van der Waals surface area (Å²) >= 11 is 0. The zero-order valence-corrected chi connectivity index (χ0v) is 16.2. The largest absolute Gasteiger partial charge is 0.481 e. The second-order valence-electron chi connectivity index (χ2n) is 6.86. The van der Waals surface area contributed by atoms with E-state index in [0.29, 0.717) is 16.7 Å². The Labute approximate surface area is 173 Å². The standard InChI is InChI=1S/C24H20O6/c1-15-9-11-16(12-10-15)13-19(23(26)27)20(24(28)29)14-22(25)30-21-8-4-6-17-5-2-3-7-18(17)21/h2-13,20H,14H2,1H3,(H,26,27)(H,28,29). The Hall–Kier alpha value is -3.93. The van der Waals surface area contributed by atoms with Crippen molar-refractivity contribution < 1.29 is 29.3 Å². The van der Waals surface area contributed by atoms with Crippen molar-refractivity contribution >= 4 is 34.8 Å². The molecule has 0 bridgehead atoms. The Bertz CT molecular complexity index is 1120. The van der Waals surface area contributed by atoms with E-state index in [9.17, 15) is 24.6 Å². The minimum Gasteiger partial charge on any atom is -0.481 e. The first-order valence-electron chi connectivity index (χ1n) is 9.28. The van der Waals surface area contributed by atoms with Crippen molar-refractivity contribution in [3.8, 4) is 5.75 Å². The summed E-state index contributed by atoms with van der Waals surface area (Å²) in [6, 6.07) is 19.4. The van der Waals surface area contributed by atoms with Gasteiger partial charge in [0.25, 0.3) is 0 Å². The van der Waals surface area contributed by atoms with Gasteiger partial charge in [0, 0.05) is 5.39 Å². The first kappa shape index (κ1) is 20.8. The van der Waals surface area contributed by atoms with Gasteiger partial charge in [0.2, 0.25) is 0 Å². The quantitative estimate of drug-likeness (QED) is 0.346. The van der Waals surface area contributed by atoms with Crippen LogP contribution in [0.2, 0.25) is 0 Å². The lowest BCUT2D eigenvalue weighted by Crippen LogP contribution is -2.26. The Kier molecular flexibility index (Phi) is 6.27. The molecule has 0 heterocycles. The number of benzene rings is 3. The fourth-order valence-electron chi connectivity index (χ4n) is 3.10. The highest BCUT2D eigenvalue weighted by Gasteiger charge is 2.31. The van der Waals surface area contributed by atoms with Crippen LogP contribution in [0.25, 0.3) is 16.8 Å². The van der Waals surface area contributed by atoms with Crippen LogP contribution in [0.4, 0.5) is 0 Å². The molecule has 3 rings (SSSR count). The number of hydrogen-bond donors (Lipinski definition) is 2. The van der Waals surface area contributed by atoms with Crippen LogP contribution in [0.3, 0.4) is 0 Å². The van der Waals surface area contributed by atoms with Crippen LogP contribution in [0.5, 0.6) is 5.75 Å². The van der Waals surface area contributed by atoms with Crippen LogP contribution in [-0.2, 0) is 14.4 Å². The average molecular weight is 404 g/mol. The van der Waals surface area contributed by atoms with E-state index in [-0.39, 0.29) is 5.57 Å². The third-order valence-corrected chi connectivity index (χ3v) is 4.66. The van der Waals surface area contributed by atoms with E-state index in [1.54, 1.807) is 48.5 Å². The number of carbonyl (C=O) groups excluding carboxylic acids is 1. The Morgan fingerprint density at radius 1 is 0.933 bits per heavy atom. The molecule has 6 nitrogen and oxygen atoms in total. The maximum absolute atomic E-state index is 12.5. The molecule has 1 unspecified atom stereocenters. The molecule has 0 saturated carbocycles. The van der Waals surface area contributed by atoms with Gasteiger partial charge in [-0.15, -0.1) is 0 Å². The number of carboxylic acid groups (broad SMARTS) is 2. The van der Waals surface area contributed by atoms with Gasteiger partial charge in [0.05, 0.1) is 17.9 Å². The smallest absolute Gasteiger partial charge is 0.332 e. The molecule has 0 fully saturated rings. The lowest BCUT2D eigenvalue weighted by atomic mass is 9.93. The van der Waals surface area contributed by atoms with Gasteiger partial charge in [-0.3, -0.25) is 9.59 Å². The summed E-state index contributed by atoms with van der Waals surface area (Å²) in [5.41, 5.74) is 1.13. The molecule has 2 N–H and O–H groups in total. The number of aryl methyl sites for hydroxylation is 1. The van der Waals surface area contributed by atoms with Crippen molar-refractivity contribution in [3.63, 3.8) is 0 Å². The highest BCUT2D eigenvalue weighted by Crippen LogP contribution is 2.27. The van der Waals surface area contributed by atoms with E-state index in [2.05, 4.69) is 0 Å². The number of aliphatic carboxylic acids is 2. The highest BCUT2D eigenvalue weighted by atomic mass is 16.5. The maximum Gasteiger partial charge on any atom is 0.332 e.